The Hall–Kier alpha value is -1.91. The standard InChI is InChI=1S/C11H15N5/c1-9-4-3-6-12-11(9)13-7-5-10-15-14-8-16(10)2/h3-4,6,8H,5,7H2,1-2H3,(H,12,13). The second-order valence-corrected chi connectivity index (χ2v) is 3.70. The van der Waals surface area contributed by atoms with E-state index in [1.54, 1.807) is 12.5 Å². The number of aryl methyl sites for hydroxylation is 2. The molecule has 2 heterocycles. The van der Waals surface area contributed by atoms with E-state index in [1.807, 2.05) is 30.7 Å². The molecule has 0 aliphatic rings. The molecule has 2 aromatic rings. The molecule has 0 unspecified atom stereocenters. The fraction of sp³-hybridized carbons (Fsp3) is 0.364. The van der Waals surface area contributed by atoms with Crippen LogP contribution >= 0.6 is 0 Å². The molecule has 2 rings (SSSR count). The van der Waals surface area contributed by atoms with Crippen LogP contribution in [0.2, 0.25) is 0 Å². The van der Waals surface area contributed by atoms with Gasteiger partial charge in [0.25, 0.3) is 0 Å². The topological polar surface area (TPSA) is 55.6 Å². The predicted octanol–water partition coefficient (Wildman–Crippen LogP) is 1.17. The fourth-order valence-corrected chi connectivity index (χ4v) is 1.50. The van der Waals surface area contributed by atoms with Gasteiger partial charge in [-0.2, -0.15) is 0 Å². The van der Waals surface area contributed by atoms with Crippen LogP contribution in [0.15, 0.2) is 24.7 Å². The summed E-state index contributed by atoms with van der Waals surface area (Å²) in [7, 11) is 1.95. The number of hydrogen-bond donors (Lipinski definition) is 1. The Labute approximate surface area is 94.5 Å². The number of aromatic nitrogens is 4. The van der Waals surface area contributed by atoms with Crippen molar-refractivity contribution in [1.82, 2.24) is 19.7 Å². The van der Waals surface area contributed by atoms with E-state index in [0.29, 0.717) is 0 Å². The third-order valence-corrected chi connectivity index (χ3v) is 2.46. The number of nitrogens with one attached hydrogen (secondary N) is 1. The molecule has 0 aliphatic heterocycles. The maximum atomic E-state index is 4.27. The molecule has 84 valence electrons. The summed E-state index contributed by atoms with van der Waals surface area (Å²) in [5.41, 5.74) is 1.15. The lowest BCUT2D eigenvalue weighted by Gasteiger charge is -2.07. The van der Waals surface area contributed by atoms with Crippen molar-refractivity contribution in [3.8, 4) is 0 Å². The van der Waals surface area contributed by atoms with E-state index in [4.69, 9.17) is 0 Å². The van der Waals surface area contributed by atoms with Crippen molar-refractivity contribution in [2.24, 2.45) is 7.05 Å². The summed E-state index contributed by atoms with van der Waals surface area (Å²) in [5, 5.41) is 11.1. The second kappa shape index (κ2) is 4.74. The Morgan fingerprint density at radius 2 is 2.31 bits per heavy atom. The first kappa shape index (κ1) is 10.6. The van der Waals surface area contributed by atoms with Gasteiger partial charge >= 0.3 is 0 Å². The van der Waals surface area contributed by atoms with Crippen LogP contribution < -0.4 is 5.32 Å². The zero-order chi connectivity index (χ0) is 11.4. The van der Waals surface area contributed by atoms with Crippen molar-refractivity contribution >= 4 is 5.82 Å². The second-order valence-electron chi connectivity index (χ2n) is 3.70. The summed E-state index contributed by atoms with van der Waals surface area (Å²) in [6.45, 7) is 2.85. The molecule has 5 heteroatoms. The van der Waals surface area contributed by atoms with Crippen molar-refractivity contribution in [2.45, 2.75) is 13.3 Å². The van der Waals surface area contributed by atoms with Crippen LogP contribution in [0.4, 0.5) is 5.82 Å². The van der Waals surface area contributed by atoms with Crippen LogP contribution in [0.5, 0.6) is 0 Å². The fourth-order valence-electron chi connectivity index (χ4n) is 1.50. The van der Waals surface area contributed by atoms with Crippen molar-refractivity contribution < 1.29 is 0 Å². The highest BCUT2D eigenvalue weighted by Gasteiger charge is 2.01. The van der Waals surface area contributed by atoms with Gasteiger partial charge in [-0.15, -0.1) is 10.2 Å². The minimum absolute atomic E-state index is 0.810. The number of rotatable bonds is 4. The molecule has 0 fully saturated rings. The van der Waals surface area contributed by atoms with Crippen LogP contribution in [-0.2, 0) is 13.5 Å². The predicted molar refractivity (Wildman–Crippen MR) is 62.2 cm³/mol. The SMILES string of the molecule is Cc1cccnc1NCCc1nncn1C. The van der Waals surface area contributed by atoms with Crippen molar-refractivity contribution in [1.29, 1.82) is 0 Å². The lowest BCUT2D eigenvalue weighted by Crippen LogP contribution is -2.10. The van der Waals surface area contributed by atoms with E-state index in [-0.39, 0.29) is 0 Å². The lowest BCUT2D eigenvalue weighted by atomic mass is 10.3. The van der Waals surface area contributed by atoms with Gasteiger partial charge in [0, 0.05) is 26.2 Å². The van der Waals surface area contributed by atoms with Crippen LogP contribution in [0, 0.1) is 6.92 Å². The quantitative estimate of drug-likeness (QED) is 0.835. The molecular weight excluding hydrogens is 202 g/mol. The van der Waals surface area contributed by atoms with E-state index in [1.165, 1.54) is 0 Å². The first-order valence-corrected chi connectivity index (χ1v) is 5.26. The summed E-state index contributed by atoms with van der Waals surface area (Å²) in [5.74, 6) is 1.91. The summed E-state index contributed by atoms with van der Waals surface area (Å²) < 4.78 is 1.92. The molecule has 2 aromatic heterocycles. The van der Waals surface area contributed by atoms with E-state index in [9.17, 15) is 0 Å². The maximum absolute atomic E-state index is 4.27. The molecule has 16 heavy (non-hydrogen) atoms. The minimum atomic E-state index is 0.810. The van der Waals surface area contributed by atoms with Gasteiger partial charge in [-0.1, -0.05) is 6.07 Å². The van der Waals surface area contributed by atoms with Gasteiger partial charge in [-0.05, 0) is 18.6 Å². The van der Waals surface area contributed by atoms with Gasteiger partial charge in [0.05, 0.1) is 0 Å². The molecule has 0 saturated heterocycles. The highest BCUT2D eigenvalue weighted by atomic mass is 15.2. The molecule has 0 radical (unpaired) electrons. The number of nitrogens with zero attached hydrogens (tertiary/aromatic N) is 4. The summed E-state index contributed by atoms with van der Waals surface area (Å²) >= 11 is 0. The molecule has 5 nitrogen and oxygen atoms in total. The van der Waals surface area contributed by atoms with Crippen molar-refractivity contribution in [3.63, 3.8) is 0 Å². The molecule has 0 saturated carbocycles. The molecule has 0 aromatic carbocycles. The zero-order valence-electron chi connectivity index (χ0n) is 9.51. The van der Waals surface area contributed by atoms with E-state index < -0.39 is 0 Å². The molecule has 0 bridgehead atoms. The first-order valence-electron chi connectivity index (χ1n) is 5.26. The van der Waals surface area contributed by atoms with E-state index in [2.05, 4.69) is 20.5 Å². The Balaban J connectivity index is 1.89. The highest BCUT2D eigenvalue weighted by molar-refractivity contribution is 5.42. The molecule has 0 atom stereocenters. The zero-order valence-corrected chi connectivity index (χ0v) is 9.51. The normalized spacial score (nSPS) is 10.4. The van der Waals surface area contributed by atoms with Gasteiger partial charge in [0.1, 0.15) is 18.0 Å². The largest absolute Gasteiger partial charge is 0.369 e. The van der Waals surface area contributed by atoms with Crippen molar-refractivity contribution in [3.05, 3.63) is 36.0 Å². The van der Waals surface area contributed by atoms with Crippen LogP contribution in [0.1, 0.15) is 11.4 Å². The molecule has 0 aliphatic carbocycles. The van der Waals surface area contributed by atoms with Gasteiger partial charge < -0.3 is 9.88 Å². The average molecular weight is 217 g/mol. The highest BCUT2D eigenvalue weighted by Crippen LogP contribution is 2.08. The first-order chi connectivity index (χ1) is 7.77. The Bertz CT molecular complexity index is 463. The summed E-state index contributed by atoms with van der Waals surface area (Å²) in [4.78, 5) is 4.27. The van der Waals surface area contributed by atoms with Gasteiger partial charge in [-0.3, -0.25) is 0 Å². The van der Waals surface area contributed by atoms with Crippen molar-refractivity contribution in [2.75, 3.05) is 11.9 Å². The molecular formula is C11H15N5. The molecule has 1 N–H and O–H groups in total. The lowest BCUT2D eigenvalue weighted by molar-refractivity contribution is 0.787. The number of pyridine rings is 1. The van der Waals surface area contributed by atoms with Crippen LogP contribution in [-0.4, -0.2) is 26.3 Å². The Morgan fingerprint density at radius 3 is 3.00 bits per heavy atom. The van der Waals surface area contributed by atoms with Gasteiger partial charge in [0.15, 0.2) is 0 Å². The van der Waals surface area contributed by atoms with Gasteiger partial charge in [-0.25, -0.2) is 4.98 Å². The minimum Gasteiger partial charge on any atom is -0.369 e. The average Bonchev–Trinajstić information content (AvgIpc) is 2.67. The van der Waals surface area contributed by atoms with Gasteiger partial charge in [0.2, 0.25) is 0 Å². The molecule has 0 amide bonds. The molecule has 0 spiro atoms. The van der Waals surface area contributed by atoms with Crippen LogP contribution in [0.3, 0.4) is 0 Å². The number of hydrogen-bond acceptors (Lipinski definition) is 4. The van der Waals surface area contributed by atoms with E-state index >= 15 is 0 Å². The third kappa shape index (κ3) is 2.36. The monoisotopic (exact) mass is 217 g/mol. The summed E-state index contributed by atoms with van der Waals surface area (Å²) in [6, 6.07) is 3.97. The third-order valence-electron chi connectivity index (χ3n) is 2.46. The number of anilines is 1. The Morgan fingerprint density at radius 1 is 1.44 bits per heavy atom. The van der Waals surface area contributed by atoms with E-state index in [0.717, 1.165) is 30.2 Å². The smallest absolute Gasteiger partial charge is 0.134 e. The van der Waals surface area contributed by atoms with Crippen LogP contribution in [0.25, 0.3) is 0 Å². The summed E-state index contributed by atoms with van der Waals surface area (Å²) in [6.07, 6.45) is 4.34. The Kier molecular flexibility index (Phi) is 3.14. The maximum Gasteiger partial charge on any atom is 0.134 e.